The number of benzene rings is 3. The Kier molecular flexibility index (Phi) is 8.12. The number of anilines is 2. The molecule has 2 N–H and O–H groups in total. The van der Waals surface area contributed by atoms with Gasteiger partial charge in [0, 0.05) is 11.3 Å². The van der Waals surface area contributed by atoms with Crippen LogP contribution >= 0.6 is 12.2 Å². The lowest BCUT2D eigenvalue weighted by Crippen LogP contribution is -2.54. The summed E-state index contributed by atoms with van der Waals surface area (Å²) in [4.78, 5) is 39.9. The normalized spacial score (nSPS) is 14.3. The fraction of sp³-hybridized carbons (Fsp3) is 0.143. The molecule has 1 heterocycles. The molecule has 1 aliphatic rings. The molecule has 10 heteroatoms. The molecule has 0 aliphatic carbocycles. The molecule has 38 heavy (non-hydrogen) atoms. The molecule has 0 unspecified atom stereocenters. The number of ether oxygens (including phenoxy) is 2. The summed E-state index contributed by atoms with van der Waals surface area (Å²) in [5.74, 6) is -1.75. The number of aryl methyl sites for hydroxylation is 1. The van der Waals surface area contributed by atoms with Crippen molar-refractivity contribution in [3.05, 3.63) is 89.2 Å². The molecule has 4 rings (SSSR count). The van der Waals surface area contributed by atoms with Crippen molar-refractivity contribution in [1.82, 2.24) is 5.32 Å². The van der Waals surface area contributed by atoms with Gasteiger partial charge in [0.1, 0.15) is 11.4 Å². The molecule has 1 aliphatic heterocycles. The average molecular weight is 534 g/mol. The Bertz CT molecular complexity index is 1420. The topological polar surface area (TPSA) is 97.0 Å². The Morgan fingerprint density at radius 1 is 1.08 bits per heavy atom. The van der Waals surface area contributed by atoms with Gasteiger partial charge in [0.25, 0.3) is 17.7 Å². The molecule has 0 atom stereocenters. The molecule has 1 saturated heterocycles. The highest BCUT2D eigenvalue weighted by molar-refractivity contribution is 7.80. The lowest BCUT2D eigenvalue weighted by atomic mass is 10.1. The molecule has 0 aromatic heterocycles. The number of para-hydroxylation sites is 1. The van der Waals surface area contributed by atoms with Crippen molar-refractivity contribution in [2.75, 3.05) is 23.9 Å². The van der Waals surface area contributed by atoms with E-state index in [4.69, 9.17) is 21.7 Å². The van der Waals surface area contributed by atoms with Crippen LogP contribution in [0.15, 0.2) is 72.3 Å². The lowest BCUT2D eigenvalue weighted by molar-refractivity contribution is -0.122. The van der Waals surface area contributed by atoms with Crippen LogP contribution in [0.1, 0.15) is 18.1 Å². The Balaban J connectivity index is 1.60. The van der Waals surface area contributed by atoms with Gasteiger partial charge in [-0.25, -0.2) is 4.39 Å². The summed E-state index contributed by atoms with van der Waals surface area (Å²) in [7, 11) is 1.43. The van der Waals surface area contributed by atoms with Gasteiger partial charge in [-0.15, -0.1) is 0 Å². The van der Waals surface area contributed by atoms with Crippen molar-refractivity contribution in [3.8, 4) is 11.5 Å². The molecule has 3 aromatic carbocycles. The number of nitrogens with one attached hydrogen (secondary N) is 2. The van der Waals surface area contributed by atoms with Crippen molar-refractivity contribution in [2.24, 2.45) is 0 Å². The highest BCUT2D eigenvalue weighted by atomic mass is 32.1. The summed E-state index contributed by atoms with van der Waals surface area (Å²) >= 11 is 5.27. The van der Waals surface area contributed by atoms with E-state index >= 15 is 0 Å². The molecule has 3 amide bonds. The fourth-order valence-corrected chi connectivity index (χ4v) is 4.04. The van der Waals surface area contributed by atoms with E-state index in [1.807, 2.05) is 19.1 Å². The fourth-order valence-electron chi connectivity index (χ4n) is 3.76. The minimum atomic E-state index is -0.663. The maximum atomic E-state index is 13.4. The van der Waals surface area contributed by atoms with Crippen LogP contribution in [0.3, 0.4) is 0 Å². The molecule has 3 aromatic rings. The van der Waals surface area contributed by atoms with Crippen molar-refractivity contribution in [3.63, 3.8) is 0 Å². The van der Waals surface area contributed by atoms with E-state index in [1.165, 1.54) is 42.4 Å². The van der Waals surface area contributed by atoms with Crippen LogP contribution in [0.2, 0.25) is 0 Å². The minimum absolute atomic E-state index is 0.0269. The Labute approximate surface area is 224 Å². The number of amides is 3. The zero-order valence-electron chi connectivity index (χ0n) is 20.6. The maximum absolute atomic E-state index is 13.4. The van der Waals surface area contributed by atoms with Crippen molar-refractivity contribution >= 4 is 52.5 Å². The smallest absolute Gasteiger partial charge is 0.270 e. The van der Waals surface area contributed by atoms with Crippen molar-refractivity contribution < 1.29 is 28.2 Å². The first kappa shape index (κ1) is 26.5. The van der Waals surface area contributed by atoms with E-state index in [1.54, 1.807) is 30.3 Å². The van der Waals surface area contributed by atoms with Gasteiger partial charge in [0.05, 0.1) is 12.8 Å². The van der Waals surface area contributed by atoms with Crippen molar-refractivity contribution in [2.45, 2.75) is 13.3 Å². The van der Waals surface area contributed by atoms with Gasteiger partial charge < -0.3 is 14.8 Å². The zero-order valence-corrected chi connectivity index (χ0v) is 21.4. The summed E-state index contributed by atoms with van der Waals surface area (Å²) < 4.78 is 24.2. The van der Waals surface area contributed by atoms with Crippen LogP contribution < -0.4 is 25.0 Å². The molecule has 0 saturated carbocycles. The maximum Gasteiger partial charge on any atom is 0.270 e. The van der Waals surface area contributed by atoms with Gasteiger partial charge in [-0.3, -0.25) is 24.6 Å². The van der Waals surface area contributed by atoms with Gasteiger partial charge in [-0.1, -0.05) is 31.2 Å². The number of methoxy groups -OCH3 is 1. The second-order valence-corrected chi connectivity index (χ2v) is 8.59. The lowest BCUT2D eigenvalue weighted by Gasteiger charge is -2.29. The molecule has 8 nitrogen and oxygen atoms in total. The third-order valence-electron chi connectivity index (χ3n) is 5.71. The second kappa shape index (κ2) is 11.7. The second-order valence-electron chi connectivity index (χ2n) is 8.20. The Morgan fingerprint density at radius 2 is 1.79 bits per heavy atom. The van der Waals surface area contributed by atoms with E-state index in [0.717, 1.165) is 12.0 Å². The summed E-state index contributed by atoms with van der Waals surface area (Å²) in [5, 5.41) is 5.13. The number of thiocarbonyl (C=S) groups is 1. The third kappa shape index (κ3) is 5.87. The van der Waals surface area contributed by atoms with E-state index < -0.39 is 30.1 Å². The van der Waals surface area contributed by atoms with Gasteiger partial charge >= 0.3 is 0 Å². The number of carbonyl (C=O) groups excluding carboxylic acids is 3. The predicted octanol–water partition coefficient (Wildman–Crippen LogP) is 4.25. The first-order valence-corrected chi connectivity index (χ1v) is 12.1. The predicted molar refractivity (Wildman–Crippen MR) is 146 cm³/mol. The van der Waals surface area contributed by atoms with E-state index in [0.29, 0.717) is 22.7 Å². The van der Waals surface area contributed by atoms with Crippen LogP contribution in [0, 0.1) is 5.82 Å². The van der Waals surface area contributed by atoms with Gasteiger partial charge in [-0.2, -0.15) is 0 Å². The number of hydrogen-bond donors (Lipinski definition) is 2. The zero-order chi connectivity index (χ0) is 27.2. The molecular weight excluding hydrogens is 509 g/mol. The summed E-state index contributed by atoms with van der Waals surface area (Å²) in [5.41, 5.74) is 2.17. The molecule has 0 spiro atoms. The minimum Gasteiger partial charge on any atom is -0.493 e. The Hall–Kier alpha value is -4.57. The van der Waals surface area contributed by atoms with E-state index in [9.17, 15) is 18.8 Å². The van der Waals surface area contributed by atoms with Gasteiger partial charge in [0.15, 0.2) is 23.2 Å². The Morgan fingerprint density at radius 3 is 2.45 bits per heavy atom. The molecule has 194 valence electrons. The summed E-state index contributed by atoms with van der Waals surface area (Å²) in [6.07, 6.45) is 2.20. The molecule has 0 radical (unpaired) electrons. The molecular formula is C28H24FN3O5S. The number of rotatable bonds is 8. The first-order valence-electron chi connectivity index (χ1n) is 11.7. The standard InChI is InChI=1S/C28H24FN3O5S/c1-3-17-7-13-21(14-8-17)32-27(35)22(26(34)31-28(32)38)15-18-5-4-6-23(36-2)25(18)37-16-24(33)30-20-11-9-19(29)10-12-20/h4-15H,3,16H2,1-2H3,(H,30,33)(H,31,34,38)/b22-15+. The van der Waals surface area contributed by atoms with E-state index in [2.05, 4.69) is 10.6 Å². The van der Waals surface area contributed by atoms with Gasteiger partial charge in [0.2, 0.25) is 0 Å². The largest absolute Gasteiger partial charge is 0.493 e. The van der Waals surface area contributed by atoms with Crippen molar-refractivity contribution in [1.29, 1.82) is 0 Å². The van der Waals surface area contributed by atoms with Crippen LogP contribution in [0.4, 0.5) is 15.8 Å². The number of carbonyl (C=O) groups is 3. The first-order chi connectivity index (χ1) is 18.3. The van der Waals surface area contributed by atoms with Crippen LogP contribution in [0.25, 0.3) is 6.08 Å². The third-order valence-corrected chi connectivity index (χ3v) is 5.99. The molecule has 0 bridgehead atoms. The number of halogens is 1. The van der Waals surface area contributed by atoms with Crippen LogP contribution in [-0.4, -0.2) is 36.6 Å². The monoisotopic (exact) mass is 533 g/mol. The van der Waals surface area contributed by atoms with Gasteiger partial charge in [-0.05, 0) is 72.7 Å². The SMILES string of the molecule is CCc1ccc(N2C(=O)/C(=C/c3cccc(OC)c3OCC(=O)Nc3ccc(F)cc3)C(=O)NC2=S)cc1. The summed E-state index contributed by atoms with van der Waals surface area (Å²) in [6, 6.07) is 17.5. The highest BCUT2D eigenvalue weighted by Gasteiger charge is 2.34. The van der Waals surface area contributed by atoms with Crippen LogP contribution in [-0.2, 0) is 20.8 Å². The molecule has 1 fully saturated rings. The summed E-state index contributed by atoms with van der Waals surface area (Å²) in [6.45, 7) is 1.61. The quantitative estimate of drug-likeness (QED) is 0.255. The van der Waals surface area contributed by atoms with Crippen LogP contribution in [0.5, 0.6) is 11.5 Å². The highest BCUT2D eigenvalue weighted by Crippen LogP contribution is 2.33. The number of nitrogens with zero attached hydrogens (tertiary/aromatic N) is 1. The number of hydrogen-bond acceptors (Lipinski definition) is 6. The van der Waals surface area contributed by atoms with E-state index in [-0.39, 0.29) is 16.4 Å². The average Bonchev–Trinajstić information content (AvgIpc) is 2.91.